The number of carbonyl (C=O) groups excluding carboxylic acids is 1. The number of anilines is 1. The molecule has 0 bridgehead atoms. The number of nitrogens with one attached hydrogen (secondary N) is 2. The maximum atomic E-state index is 12.1. The monoisotopic (exact) mass is 387 g/mol. The molecule has 1 aromatic carbocycles. The highest BCUT2D eigenvalue weighted by molar-refractivity contribution is 6.33. The first-order valence-electron chi connectivity index (χ1n) is 8.02. The van der Waals surface area contributed by atoms with Crippen LogP contribution in [0.1, 0.15) is 26.7 Å². The molecule has 1 aromatic rings. The molecule has 1 amide bonds. The van der Waals surface area contributed by atoms with Gasteiger partial charge in [-0.3, -0.25) is 19.7 Å². The Balaban J connectivity index is 2.58. The van der Waals surface area contributed by atoms with E-state index in [1.54, 1.807) is 0 Å². The number of hydrogen-bond donors (Lipinski definition) is 3. The molecule has 26 heavy (non-hydrogen) atoms. The number of non-ortho nitro benzene ring substituents is 1. The first kappa shape index (κ1) is 21.8. The molecule has 0 fully saturated rings. The summed E-state index contributed by atoms with van der Waals surface area (Å²) in [5.74, 6) is -1.79. The average Bonchev–Trinajstić information content (AvgIpc) is 2.54. The third kappa shape index (κ3) is 7.77. The maximum Gasteiger partial charge on any atom is 0.321 e. The minimum Gasteiger partial charge on any atom is -0.480 e. The Morgan fingerprint density at radius 2 is 2.08 bits per heavy atom. The van der Waals surface area contributed by atoms with Gasteiger partial charge >= 0.3 is 5.97 Å². The van der Waals surface area contributed by atoms with Crippen molar-refractivity contribution in [2.75, 3.05) is 18.5 Å². The predicted molar refractivity (Wildman–Crippen MR) is 96.5 cm³/mol. The summed E-state index contributed by atoms with van der Waals surface area (Å²) in [4.78, 5) is 33.5. The summed E-state index contributed by atoms with van der Waals surface area (Å²) in [6, 6.07) is 2.52. The van der Waals surface area contributed by atoms with Crippen molar-refractivity contribution in [2.45, 2.75) is 38.8 Å². The number of benzene rings is 1. The minimum absolute atomic E-state index is 0.0559. The van der Waals surface area contributed by atoms with E-state index in [9.17, 15) is 24.8 Å². The van der Waals surface area contributed by atoms with Crippen molar-refractivity contribution in [2.24, 2.45) is 0 Å². The fourth-order valence-electron chi connectivity index (χ4n) is 2.02. The number of ether oxygens (including phenoxy) is 1. The Hall–Kier alpha value is -2.23. The zero-order valence-electron chi connectivity index (χ0n) is 14.5. The Kier molecular flexibility index (Phi) is 8.97. The lowest BCUT2D eigenvalue weighted by Gasteiger charge is -2.15. The van der Waals surface area contributed by atoms with Gasteiger partial charge in [-0.2, -0.15) is 0 Å². The summed E-state index contributed by atoms with van der Waals surface area (Å²) >= 11 is 5.90. The number of hydrogen-bond acceptors (Lipinski definition) is 6. The zero-order valence-corrected chi connectivity index (χ0v) is 15.3. The predicted octanol–water partition coefficient (Wildman–Crippen LogP) is 2.43. The van der Waals surface area contributed by atoms with Crippen LogP contribution < -0.4 is 10.6 Å². The van der Waals surface area contributed by atoms with E-state index in [2.05, 4.69) is 10.6 Å². The van der Waals surface area contributed by atoms with Gasteiger partial charge in [0.25, 0.3) is 5.69 Å². The van der Waals surface area contributed by atoms with Crippen molar-refractivity contribution in [3.05, 3.63) is 33.3 Å². The second-order valence-electron chi connectivity index (χ2n) is 5.79. The summed E-state index contributed by atoms with van der Waals surface area (Å²) in [6.07, 6.45) is 0.343. The number of nitro groups is 1. The van der Waals surface area contributed by atoms with Gasteiger partial charge in [0.05, 0.1) is 28.2 Å². The molecule has 10 heteroatoms. The van der Waals surface area contributed by atoms with Gasteiger partial charge in [-0.25, -0.2) is 0 Å². The van der Waals surface area contributed by atoms with Crippen molar-refractivity contribution >= 4 is 34.9 Å². The zero-order chi connectivity index (χ0) is 19.7. The van der Waals surface area contributed by atoms with E-state index in [0.29, 0.717) is 19.6 Å². The number of halogens is 1. The Bertz CT molecular complexity index is 653. The standard InChI is InChI=1S/C16H22ClN3O6/c1-10(2)26-7-3-6-18-14(16(22)23)9-15(21)19-13-8-11(20(24)25)4-5-12(13)17/h4-5,8,10,14,18H,3,6-7,9H2,1-2H3,(H,19,21)(H,22,23). The number of carbonyl (C=O) groups is 2. The fraction of sp³-hybridized carbons (Fsp3) is 0.500. The molecule has 1 unspecified atom stereocenters. The lowest BCUT2D eigenvalue weighted by molar-refractivity contribution is -0.384. The second-order valence-corrected chi connectivity index (χ2v) is 6.20. The third-order valence-electron chi connectivity index (χ3n) is 3.29. The van der Waals surface area contributed by atoms with Crippen LogP contribution in [0.3, 0.4) is 0 Å². The van der Waals surface area contributed by atoms with Gasteiger partial charge in [0.15, 0.2) is 0 Å². The lowest BCUT2D eigenvalue weighted by Crippen LogP contribution is -2.40. The van der Waals surface area contributed by atoms with E-state index in [4.69, 9.17) is 16.3 Å². The van der Waals surface area contributed by atoms with Crippen LogP contribution in [0.25, 0.3) is 0 Å². The van der Waals surface area contributed by atoms with Gasteiger partial charge in [0.1, 0.15) is 6.04 Å². The van der Waals surface area contributed by atoms with Gasteiger partial charge < -0.3 is 20.5 Å². The van der Waals surface area contributed by atoms with E-state index in [1.807, 2.05) is 13.8 Å². The van der Waals surface area contributed by atoms with Crippen LogP contribution >= 0.6 is 11.6 Å². The number of carboxylic acids is 1. The van der Waals surface area contributed by atoms with E-state index in [0.717, 1.165) is 6.07 Å². The second kappa shape index (κ2) is 10.7. The summed E-state index contributed by atoms with van der Waals surface area (Å²) < 4.78 is 5.35. The first-order valence-corrected chi connectivity index (χ1v) is 8.40. The van der Waals surface area contributed by atoms with Gasteiger partial charge in [0, 0.05) is 18.7 Å². The van der Waals surface area contributed by atoms with Crippen molar-refractivity contribution in [1.29, 1.82) is 0 Å². The van der Waals surface area contributed by atoms with E-state index in [-0.39, 0.29) is 28.9 Å². The highest BCUT2D eigenvalue weighted by Crippen LogP contribution is 2.26. The topological polar surface area (TPSA) is 131 Å². The molecular formula is C16H22ClN3O6. The van der Waals surface area contributed by atoms with Crippen LogP contribution in [-0.4, -0.2) is 47.2 Å². The molecule has 0 radical (unpaired) electrons. The van der Waals surface area contributed by atoms with E-state index in [1.165, 1.54) is 12.1 Å². The lowest BCUT2D eigenvalue weighted by atomic mass is 10.2. The van der Waals surface area contributed by atoms with Gasteiger partial charge in [-0.1, -0.05) is 11.6 Å². The summed E-state index contributed by atoms with van der Waals surface area (Å²) in [7, 11) is 0. The number of rotatable bonds is 11. The number of aliphatic carboxylic acids is 1. The molecule has 0 heterocycles. The number of amides is 1. The molecule has 9 nitrogen and oxygen atoms in total. The SMILES string of the molecule is CC(C)OCCCNC(CC(=O)Nc1cc([N+](=O)[O-])ccc1Cl)C(=O)O. The summed E-state index contributed by atoms with van der Waals surface area (Å²) in [5, 5.41) is 25.3. The van der Waals surface area contributed by atoms with Crippen LogP contribution in [-0.2, 0) is 14.3 Å². The molecule has 144 valence electrons. The highest BCUT2D eigenvalue weighted by atomic mass is 35.5. The van der Waals surface area contributed by atoms with E-state index >= 15 is 0 Å². The normalized spacial score (nSPS) is 12.0. The highest BCUT2D eigenvalue weighted by Gasteiger charge is 2.21. The van der Waals surface area contributed by atoms with Crippen molar-refractivity contribution in [1.82, 2.24) is 5.32 Å². The Morgan fingerprint density at radius 3 is 2.65 bits per heavy atom. The molecule has 1 rings (SSSR count). The molecule has 0 aliphatic rings. The molecule has 0 saturated heterocycles. The molecular weight excluding hydrogens is 366 g/mol. The molecule has 0 aliphatic carbocycles. The van der Waals surface area contributed by atoms with Crippen LogP contribution in [0.5, 0.6) is 0 Å². The van der Waals surface area contributed by atoms with Crippen LogP contribution in [0.2, 0.25) is 5.02 Å². The van der Waals surface area contributed by atoms with Crippen molar-refractivity contribution in [3.8, 4) is 0 Å². The average molecular weight is 388 g/mol. The number of nitro benzene ring substituents is 1. The molecule has 0 aromatic heterocycles. The first-order chi connectivity index (χ1) is 12.2. The minimum atomic E-state index is -1.17. The summed E-state index contributed by atoms with van der Waals surface area (Å²) in [6.45, 7) is 4.65. The Morgan fingerprint density at radius 1 is 1.38 bits per heavy atom. The van der Waals surface area contributed by atoms with Crippen LogP contribution in [0.4, 0.5) is 11.4 Å². The summed E-state index contributed by atoms with van der Waals surface area (Å²) in [5.41, 5.74) is -0.178. The number of carboxylic acid groups (broad SMARTS) is 1. The Labute approximate surface area is 155 Å². The van der Waals surface area contributed by atoms with Crippen molar-refractivity contribution < 1.29 is 24.4 Å². The molecule has 3 N–H and O–H groups in total. The number of nitrogens with zero attached hydrogens (tertiary/aromatic N) is 1. The molecule has 1 atom stereocenters. The van der Waals surface area contributed by atoms with Crippen LogP contribution in [0.15, 0.2) is 18.2 Å². The third-order valence-corrected chi connectivity index (χ3v) is 3.62. The molecule has 0 aliphatic heterocycles. The quantitative estimate of drug-likeness (QED) is 0.302. The van der Waals surface area contributed by atoms with E-state index < -0.39 is 22.8 Å². The fourth-order valence-corrected chi connectivity index (χ4v) is 2.19. The molecule has 0 spiro atoms. The van der Waals surface area contributed by atoms with Gasteiger partial charge in [-0.05, 0) is 32.9 Å². The van der Waals surface area contributed by atoms with Gasteiger partial charge in [-0.15, -0.1) is 0 Å². The molecule has 0 saturated carbocycles. The smallest absolute Gasteiger partial charge is 0.321 e. The maximum absolute atomic E-state index is 12.1. The van der Waals surface area contributed by atoms with Gasteiger partial charge in [0.2, 0.25) is 5.91 Å². The largest absolute Gasteiger partial charge is 0.480 e. The van der Waals surface area contributed by atoms with Crippen LogP contribution in [0, 0.1) is 10.1 Å². The van der Waals surface area contributed by atoms with Crippen molar-refractivity contribution in [3.63, 3.8) is 0 Å².